The SMILES string of the molecule is CC(CNCC(=O)NC(C)(C)C)C(=O)O. The second-order valence-corrected chi connectivity index (χ2v) is 4.67. The van der Waals surface area contributed by atoms with Gasteiger partial charge in [0.05, 0.1) is 12.5 Å². The number of carboxylic acid groups (broad SMARTS) is 1. The number of nitrogens with one attached hydrogen (secondary N) is 2. The Morgan fingerprint density at radius 1 is 1.33 bits per heavy atom. The third kappa shape index (κ3) is 7.93. The molecular formula is C10H20N2O3. The summed E-state index contributed by atoms with van der Waals surface area (Å²) in [5, 5.41) is 14.2. The lowest BCUT2D eigenvalue weighted by atomic mass is 10.1. The molecule has 0 aromatic heterocycles. The van der Waals surface area contributed by atoms with Crippen molar-refractivity contribution < 1.29 is 14.7 Å². The molecule has 5 nitrogen and oxygen atoms in total. The molecule has 0 saturated heterocycles. The first kappa shape index (κ1) is 13.9. The summed E-state index contributed by atoms with van der Waals surface area (Å²) >= 11 is 0. The zero-order valence-corrected chi connectivity index (χ0v) is 9.76. The van der Waals surface area contributed by atoms with Crippen molar-refractivity contribution >= 4 is 11.9 Å². The van der Waals surface area contributed by atoms with Crippen molar-refractivity contribution in [1.82, 2.24) is 10.6 Å². The van der Waals surface area contributed by atoms with E-state index >= 15 is 0 Å². The minimum Gasteiger partial charge on any atom is -0.481 e. The zero-order chi connectivity index (χ0) is 12.1. The lowest BCUT2D eigenvalue weighted by molar-refractivity contribution is -0.141. The van der Waals surface area contributed by atoms with Gasteiger partial charge in [0, 0.05) is 12.1 Å². The number of hydrogen-bond acceptors (Lipinski definition) is 3. The van der Waals surface area contributed by atoms with E-state index in [0.29, 0.717) is 6.54 Å². The van der Waals surface area contributed by atoms with Crippen LogP contribution in [-0.4, -0.2) is 35.6 Å². The Balaban J connectivity index is 3.69. The van der Waals surface area contributed by atoms with Gasteiger partial charge in [-0.2, -0.15) is 0 Å². The number of carboxylic acids is 1. The van der Waals surface area contributed by atoms with Crippen LogP contribution < -0.4 is 10.6 Å². The van der Waals surface area contributed by atoms with Gasteiger partial charge in [0.15, 0.2) is 0 Å². The molecule has 0 radical (unpaired) electrons. The molecule has 3 N–H and O–H groups in total. The molecule has 0 bridgehead atoms. The molecule has 0 aliphatic carbocycles. The first-order chi connectivity index (χ1) is 6.72. The van der Waals surface area contributed by atoms with Crippen LogP contribution in [0.5, 0.6) is 0 Å². The first-order valence-corrected chi connectivity index (χ1v) is 4.97. The zero-order valence-electron chi connectivity index (χ0n) is 9.76. The maximum atomic E-state index is 11.3. The Morgan fingerprint density at radius 2 is 1.87 bits per heavy atom. The van der Waals surface area contributed by atoms with Crippen molar-refractivity contribution in [2.75, 3.05) is 13.1 Å². The average Bonchev–Trinajstić information content (AvgIpc) is 2.00. The number of amides is 1. The highest BCUT2D eigenvalue weighted by atomic mass is 16.4. The molecule has 0 aromatic rings. The van der Waals surface area contributed by atoms with Gasteiger partial charge >= 0.3 is 5.97 Å². The third-order valence-electron chi connectivity index (χ3n) is 1.67. The van der Waals surface area contributed by atoms with E-state index in [1.165, 1.54) is 0 Å². The highest BCUT2D eigenvalue weighted by molar-refractivity contribution is 5.78. The van der Waals surface area contributed by atoms with Crippen molar-refractivity contribution in [3.8, 4) is 0 Å². The summed E-state index contributed by atoms with van der Waals surface area (Å²) < 4.78 is 0. The van der Waals surface area contributed by atoms with E-state index in [1.54, 1.807) is 6.92 Å². The summed E-state index contributed by atoms with van der Waals surface area (Å²) in [6, 6.07) is 0. The van der Waals surface area contributed by atoms with E-state index in [4.69, 9.17) is 5.11 Å². The summed E-state index contributed by atoms with van der Waals surface area (Å²) in [5.41, 5.74) is -0.253. The van der Waals surface area contributed by atoms with Crippen LogP contribution >= 0.6 is 0 Å². The standard InChI is InChI=1S/C10H20N2O3/c1-7(9(14)15)5-11-6-8(13)12-10(2,3)4/h7,11H,5-6H2,1-4H3,(H,12,13)(H,14,15). The summed E-state index contributed by atoms with van der Waals surface area (Å²) in [5.74, 6) is -1.47. The molecule has 0 aliphatic rings. The molecule has 1 atom stereocenters. The topological polar surface area (TPSA) is 78.4 Å². The van der Waals surface area contributed by atoms with Crippen molar-refractivity contribution in [1.29, 1.82) is 0 Å². The van der Waals surface area contributed by atoms with Gasteiger partial charge in [0.1, 0.15) is 0 Å². The minimum absolute atomic E-state index is 0.125. The van der Waals surface area contributed by atoms with Crippen LogP contribution in [0.1, 0.15) is 27.7 Å². The van der Waals surface area contributed by atoms with Gasteiger partial charge < -0.3 is 15.7 Å². The highest BCUT2D eigenvalue weighted by Crippen LogP contribution is 1.97. The number of aliphatic carboxylic acids is 1. The molecule has 0 saturated carbocycles. The van der Waals surface area contributed by atoms with Crippen LogP contribution in [0.25, 0.3) is 0 Å². The van der Waals surface area contributed by atoms with Crippen LogP contribution in [0, 0.1) is 5.92 Å². The third-order valence-corrected chi connectivity index (χ3v) is 1.67. The highest BCUT2D eigenvalue weighted by Gasteiger charge is 2.14. The molecule has 0 rings (SSSR count). The van der Waals surface area contributed by atoms with Crippen molar-refractivity contribution in [3.05, 3.63) is 0 Å². The Bertz CT molecular complexity index is 233. The molecule has 15 heavy (non-hydrogen) atoms. The van der Waals surface area contributed by atoms with Gasteiger partial charge in [-0.1, -0.05) is 6.92 Å². The van der Waals surface area contributed by atoms with Crippen LogP contribution in [-0.2, 0) is 9.59 Å². The van der Waals surface area contributed by atoms with Crippen molar-refractivity contribution in [3.63, 3.8) is 0 Å². The molecule has 5 heteroatoms. The monoisotopic (exact) mass is 216 g/mol. The maximum absolute atomic E-state index is 11.3. The first-order valence-electron chi connectivity index (χ1n) is 4.97. The Labute approximate surface area is 90.2 Å². The van der Waals surface area contributed by atoms with Gasteiger partial charge in [-0.25, -0.2) is 0 Å². The molecule has 0 spiro atoms. The van der Waals surface area contributed by atoms with E-state index in [0.717, 1.165) is 0 Å². The second kappa shape index (κ2) is 5.70. The van der Waals surface area contributed by atoms with Gasteiger partial charge in [0.2, 0.25) is 5.91 Å². The minimum atomic E-state index is -0.862. The second-order valence-electron chi connectivity index (χ2n) is 4.67. The van der Waals surface area contributed by atoms with Crippen LogP contribution in [0.4, 0.5) is 0 Å². The maximum Gasteiger partial charge on any atom is 0.307 e. The average molecular weight is 216 g/mol. The largest absolute Gasteiger partial charge is 0.481 e. The van der Waals surface area contributed by atoms with E-state index < -0.39 is 11.9 Å². The quantitative estimate of drug-likeness (QED) is 0.614. The number of carbonyl (C=O) groups is 2. The molecule has 0 fully saturated rings. The van der Waals surface area contributed by atoms with Crippen LogP contribution in [0.15, 0.2) is 0 Å². The summed E-state index contributed by atoms with van der Waals surface area (Å²) in [4.78, 5) is 21.8. The van der Waals surface area contributed by atoms with Gasteiger partial charge in [0.25, 0.3) is 0 Å². The summed E-state index contributed by atoms with van der Waals surface area (Å²) in [7, 11) is 0. The van der Waals surface area contributed by atoms with Crippen molar-refractivity contribution in [2.24, 2.45) is 5.92 Å². The van der Waals surface area contributed by atoms with E-state index in [-0.39, 0.29) is 18.0 Å². The Hall–Kier alpha value is -1.10. The summed E-state index contributed by atoms with van der Waals surface area (Å²) in [6.45, 7) is 7.72. The normalized spacial score (nSPS) is 13.3. The van der Waals surface area contributed by atoms with Gasteiger partial charge in [-0.3, -0.25) is 9.59 Å². The summed E-state index contributed by atoms with van der Waals surface area (Å²) in [6.07, 6.45) is 0. The van der Waals surface area contributed by atoms with Crippen LogP contribution in [0.3, 0.4) is 0 Å². The Kier molecular flexibility index (Phi) is 5.28. The van der Waals surface area contributed by atoms with Crippen molar-refractivity contribution in [2.45, 2.75) is 33.2 Å². The smallest absolute Gasteiger partial charge is 0.307 e. The van der Waals surface area contributed by atoms with Gasteiger partial charge in [-0.05, 0) is 20.8 Å². The lowest BCUT2D eigenvalue weighted by Crippen LogP contribution is -2.45. The number of hydrogen-bond donors (Lipinski definition) is 3. The molecule has 88 valence electrons. The fourth-order valence-electron chi connectivity index (χ4n) is 0.952. The lowest BCUT2D eigenvalue weighted by Gasteiger charge is -2.20. The predicted molar refractivity (Wildman–Crippen MR) is 57.6 cm³/mol. The predicted octanol–water partition coefficient (Wildman–Crippen LogP) is 0.211. The van der Waals surface area contributed by atoms with E-state index in [9.17, 15) is 9.59 Å². The fourth-order valence-corrected chi connectivity index (χ4v) is 0.952. The Morgan fingerprint density at radius 3 is 2.27 bits per heavy atom. The molecular weight excluding hydrogens is 196 g/mol. The molecule has 0 aliphatic heterocycles. The van der Waals surface area contributed by atoms with Crippen LogP contribution in [0.2, 0.25) is 0 Å². The molecule has 0 aromatic carbocycles. The van der Waals surface area contributed by atoms with E-state index in [2.05, 4.69) is 10.6 Å². The fraction of sp³-hybridized carbons (Fsp3) is 0.800. The number of carbonyl (C=O) groups excluding carboxylic acids is 1. The number of rotatable bonds is 5. The van der Waals surface area contributed by atoms with E-state index in [1.807, 2.05) is 20.8 Å². The molecule has 1 unspecified atom stereocenters. The molecule has 1 amide bonds. The van der Waals surface area contributed by atoms with Gasteiger partial charge in [-0.15, -0.1) is 0 Å². The molecule has 0 heterocycles.